The van der Waals surface area contributed by atoms with E-state index in [4.69, 9.17) is 9.47 Å². The highest BCUT2D eigenvalue weighted by atomic mass is 16.5. The summed E-state index contributed by atoms with van der Waals surface area (Å²) in [4.78, 5) is 16.2. The second kappa shape index (κ2) is 5.02. The lowest BCUT2D eigenvalue weighted by Gasteiger charge is -2.25. The van der Waals surface area contributed by atoms with Gasteiger partial charge in [-0.2, -0.15) is 0 Å². The Labute approximate surface area is 118 Å². The third-order valence-corrected chi connectivity index (χ3v) is 4.26. The Bertz CT molecular complexity index is 561. The van der Waals surface area contributed by atoms with Crippen LogP contribution in [0, 0.1) is 5.92 Å². The molecule has 1 fully saturated rings. The van der Waals surface area contributed by atoms with Crippen LogP contribution < -0.4 is 0 Å². The molecule has 4 nitrogen and oxygen atoms in total. The first-order chi connectivity index (χ1) is 9.62. The molecule has 0 aliphatic carbocycles. The van der Waals surface area contributed by atoms with Crippen molar-refractivity contribution in [2.75, 3.05) is 20.3 Å². The van der Waals surface area contributed by atoms with Crippen molar-refractivity contribution in [1.29, 1.82) is 0 Å². The molecule has 1 saturated heterocycles. The molecule has 0 N–H and O–H groups in total. The third-order valence-electron chi connectivity index (χ3n) is 4.26. The van der Waals surface area contributed by atoms with Crippen LogP contribution in [0.15, 0.2) is 23.2 Å². The number of carbonyl (C=O) groups is 1. The zero-order valence-corrected chi connectivity index (χ0v) is 11.9. The predicted molar refractivity (Wildman–Crippen MR) is 76.8 cm³/mol. The first kappa shape index (κ1) is 13.3. The second-order valence-corrected chi connectivity index (χ2v) is 5.83. The first-order valence-corrected chi connectivity index (χ1v) is 6.98. The van der Waals surface area contributed by atoms with E-state index in [-0.39, 0.29) is 11.4 Å². The molecule has 0 aromatic heterocycles. The lowest BCUT2D eigenvalue weighted by atomic mass is 9.76. The van der Waals surface area contributed by atoms with Crippen LogP contribution >= 0.6 is 0 Å². The van der Waals surface area contributed by atoms with Crippen LogP contribution in [0.2, 0.25) is 0 Å². The molecule has 2 unspecified atom stereocenters. The van der Waals surface area contributed by atoms with Crippen molar-refractivity contribution in [2.45, 2.75) is 25.2 Å². The van der Waals surface area contributed by atoms with E-state index < -0.39 is 0 Å². The molecule has 0 bridgehead atoms. The fourth-order valence-corrected chi connectivity index (χ4v) is 3.14. The molecule has 2 aliphatic heterocycles. The van der Waals surface area contributed by atoms with E-state index in [0.717, 1.165) is 37.3 Å². The Hall–Kier alpha value is -1.68. The zero-order chi connectivity index (χ0) is 14.2. The monoisotopic (exact) mass is 273 g/mol. The van der Waals surface area contributed by atoms with E-state index in [1.165, 1.54) is 7.11 Å². The van der Waals surface area contributed by atoms with Crippen LogP contribution in [0.3, 0.4) is 0 Å². The molecule has 20 heavy (non-hydrogen) atoms. The number of hydrogen-bond acceptors (Lipinski definition) is 4. The SMILES string of the molecule is COC(=O)c1ccc2c(c1)C(C)(CC1CCOC1)C=N2. The number of esters is 1. The summed E-state index contributed by atoms with van der Waals surface area (Å²) in [5.41, 5.74) is 2.55. The molecular formula is C16H19NO3. The van der Waals surface area contributed by atoms with Gasteiger partial charge in [0.15, 0.2) is 0 Å². The highest BCUT2D eigenvalue weighted by Crippen LogP contribution is 2.42. The maximum Gasteiger partial charge on any atom is 0.337 e. The molecule has 1 aromatic rings. The van der Waals surface area contributed by atoms with Crippen molar-refractivity contribution in [3.05, 3.63) is 29.3 Å². The summed E-state index contributed by atoms with van der Waals surface area (Å²) in [6.07, 6.45) is 4.13. The van der Waals surface area contributed by atoms with Crippen molar-refractivity contribution < 1.29 is 14.3 Å². The number of nitrogens with zero attached hydrogens (tertiary/aromatic N) is 1. The van der Waals surface area contributed by atoms with E-state index in [9.17, 15) is 4.79 Å². The number of fused-ring (bicyclic) bond motifs is 1. The average molecular weight is 273 g/mol. The number of rotatable bonds is 3. The van der Waals surface area contributed by atoms with Crippen LogP contribution in [0.25, 0.3) is 0 Å². The summed E-state index contributed by atoms with van der Waals surface area (Å²) in [5, 5.41) is 0. The van der Waals surface area contributed by atoms with Crippen molar-refractivity contribution in [3.63, 3.8) is 0 Å². The van der Waals surface area contributed by atoms with Gasteiger partial charge in [0.1, 0.15) is 0 Å². The van der Waals surface area contributed by atoms with Crippen LogP contribution in [-0.2, 0) is 14.9 Å². The highest BCUT2D eigenvalue weighted by Gasteiger charge is 2.35. The summed E-state index contributed by atoms with van der Waals surface area (Å²) in [7, 11) is 1.40. The van der Waals surface area contributed by atoms with Gasteiger partial charge >= 0.3 is 5.97 Å². The third kappa shape index (κ3) is 2.24. The van der Waals surface area contributed by atoms with E-state index in [2.05, 4.69) is 11.9 Å². The summed E-state index contributed by atoms with van der Waals surface area (Å²) < 4.78 is 10.3. The molecule has 0 saturated carbocycles. The Morgan fingerprint density at radius 3 is 3.10 bits per heavy atom. The fourth-order valence-electron chi connectivity index (χ4n) is 3.14. The quantitative estimate of drug-likeness (QED) is 0.796. The average Bonchev–Trinajstić information content (AvgIpc) is 3.07. The summed E-state index contributed by atoms with van der Waals surface area (Å²) >= 11 is 0. The normalized spacial score (nSPS) is 27.6. The Balaban J connectivity index is 1.90. The van der Waals surface area contributed by atoms with Gasteiger partial charge in [-0.1, -0.05) is 6.92 Å². The zero-order valence-electron chi connectivity index (χ0n) is 11.9. The van der Waals surface area contributed by atoms with Gasteiger partial charge in [-0.05, 0) is 42.5 Å². The topological polar surface area (TPSA) is 47.9 Å². The molecule has 2 heterocycles. The standard InChI is InChI=1S/C16H19NO3/c1-16(8-11-5-6-20-9-11)10-17-14-4-3-12(7-13(14)16)15(18)19-2/h3-4,7,10-11H,5-6,8-9H2,1-2H3. The minimum atomic E-state index is -0.300. The number of aliphatic imine (C=N–C) groups is 1. The summed E-state index contributed by atoms with van der Waals surface area (Å²) in [5.74, 6) is 0.269. The molecule has 2 atom stereocenters. The lowest BCUT2D eigenvalue weighted by Crippen LogP contribution is -2.25. The van der Waals surface area contributed by atoms with E-state index in [1.54, 1.807) is 6.07 Å². The number of ether oxygens (including phenoxy) is 2. The van der Waals surface area contributed by atoms with Gasteiger partial charge < -0.3 is 9.47 Å². The summed E-state index contributed by atoms with van der Waals surface area (Å²) in [6.45, 7) is 3.87. The number of carbonyl (C=O) groups excluding carboxylic acids is 1. The molecule has 106 valence electrons. The largest absolute Gasteiger partial charge is 0.465 e. The van der Waals surface area contributed by atoms with Crippen LogP contribution in [0.1, 0.15) is 35.7 Å². The molecule has 4 heteroatoms. The molecule has 3 rings (SSSR count). The molecule has 2 aliphatic rings. The van der Waals surface area contributed by atoms with Crippen molar-refractivity contribution in [2.24, 2.45) is 10.9 Å². The lowest BCUT2D eigenvalue weighted by molar-refractivity contribution is 0.0600. The Morgan fingerprint density at radius 2 is 2.40 bits per heavy atom. The van der Waals surface area contributed by atoms with Gasteiger partial charge in [0.05, 0.1) is 18.4 Å². The number of methoxy groups -OCH3 is 1. The maximum atomic E-state index is 11.7. The van der Waals surface area contributed by atoms with Gasteiger partial charge in [-0.25, -0.2) is 4.79 Å². The van der Waals surface area contributed by atoms with E-state index in [0.29, 0.717) is 11.5 Å². The first-order valence-electron chi connectivity index (χ1n) is 6.98. The van der Waals surface area contributed by atoms with Crippen LogP contribution in [0.4, 0.5) is 5.69 Å². The van der Waals surface area contributed by atoms with Crippen molar-refractivity contribution in [1.82, 2.24) is 0 Å². The van der Waals surface area contributed by atoms with Crippen molar-refractivity contribution in [3.8, 4) is 0 Å². The van der Waals surface area contributed by atoms with Gasteiger partial charge in [0.25, 0.3) is 0 Å². The van der Waals surface area contributed by atoms with Gasteiger partial charge in [0.2, 0.25) is 0 Å². The fraction of sp³-hybridized carbons (Fsp3) is 0.500. The summed E-state index contributed by atoms with van der Waals surface area (Å²) in [6, 6.07) is 5.59. The molecule has 1 aromatic carbocycles. The van der Waals surface area contributed by atoms with Gasteiger partial charge in [-0.15, -0.1) is 0 Å². The van der Waals surface area contributed by atoms with E-state index in [1.807, 2.05) is 18.3 Å². The second-order valence-electron chi connectivity index (χ2n) is 5.83. The minimum Gasteiger partial charge on any atom is -0.465 e. The molecular weight excluding hydrogens is 254 g/mol. The Morgan fingerprint density at radius 1 is 1.55 bits per heavy atom. The molecule has 0 spiro atoms. The minimum absolute atomic E-state index is 0.113. The van der Waals surface area contributed by atoms with Gasteiger partial charge in [-0.3, -0.25) is 4.99 Å². The molecule has 0 amide bonds. The van der Waals surface area contributed by atoms with Crippen LogP contribution in [-0.4, -0.2) is 32.5 Å². The van der Waals surface area contributed by atoms with Gasteiger partial charge in [0, 0.05) is 24.8 Å². The molecule has 0 radical (unpaired) electrons. The number of benzene rings is 1. The predicted octanol–water partition coefficient (Wildman–Crippen LogP) is 2.87. The van der Waals surface area contributed by atoms with Crippen molar-refractivity contribution >= 4 is 17.9 Å². The smallest absolute Gasteiger partial charge is 0.337 e. The number of hydrogen-bond donors (Lipinski definition) is 0. The van der Waals surface area contributed by atoms with Crippen LogP contribution in [0.5, 0.6) is 0 Å². The van der Waals surface area contributed by atoms with E-state index >= 15 is 0 Å². The maximum absolute atomic E-state index is 11.7. The highest BCUT2D eigenvalue weighted by molar-refractivity contribution is 5.93. The Kier molecular flexibility index (Phi) is 3.34.